The number of anilines is 1. The van der Waals surface area contributed by atoms with Gasteiger partial charge in [-0.15, -0.1) is 0 Å². The van der Waals surface area contributed by atoms with Crippen LogP contribution in [-0.4, -0.2) is 55.1 Å². The monoisotopic (exact) mass is 446 g/mol. The van der Waals surface area contributed by atoms with Crippen molar-refractivity contribution in [3.05, 3.63) is 45.2 Å². The highest BCUT2D eigenvalue weighted by Gasteiger charge is 2.35. The van der Waals surface area contributed by atoms with Gasteiger partial charge in [0.2, 0.25) is 0 Å². The molecule has 1 unspecified atom stereocenters. The number of thioether (sulfide) groups is 2. The molecule has 0 saturated carbocycles. The fourth-order valence-electron chi connectivity index (χ4n) is 3.41. The highest BCUT2D eigenvalue weighted by Crippen LogP contribution is 2.35. The van der Waals surface area contributed by atoms with Gasteiger partial charge >= 0.3 is 0 Å². The van der Waals surface area contributed by atoms with E-state index in [4.69, 9.17) is 17.2 Å². The molecule has 2 fully saturated rings. The molecule has 0 N–H and O–H groups in total. The van der Waals surface area contributed by atoms with E-state index >= 15 is 0 Å². The van der Waals surface area contributed by atoms with Crippen LogP contribution in [-0.2, 0) is 4.79 Å². The third kappa shape index (κ3) is 3.83. The number of carbonyl (C=O) groups is 1. The summed E-state index contributed by atoms with van der Waals surface area (Å²) < 4.78 is 2.07. The number of pyridine rings is 1. The molecule has 9 heteroatoms. The minimum absolute atomic E-state index is 0.0304. The maximum absolute atomic E-state index is 13.3. The van der Waals surface area contributed by atoms with Crippen molar-refractivity contribution in [2.24, 2.45) is 0 Å². The number of fused-ring (bicyclic) bond motifs is 1. The largest absolute Gasteiger partial charge is 0.354 e. The molecule has 0 radical (unpaired) electrons. The summed E-state index contributed by atoms with van der Waals surface area (Å²) >= 11 is 8.59. The van der Waals surface area contributed by atoms with Crippen LogP contribution in [0.3, 0.4) is 0 Å². The van der Waals surface area contributed by atoms with Gasteiger partial charge in [-0.25, -0.2) is 4.98 Å². The lowest BCUT2D eigenvalue weighted by Crippen LogP contribution is -2.36. The molecule has 2 aliphatic rings. The fourth-order valence-corrected chi connectivity index (χ4v) is 5.75. The topological polar surface area (TPSA) is 57.9 Å². The Labute approximate surface area is 183 Å². The van der Waals surface area contributed by atoms with Gasteiger partial charge in [-0.1, -0.05) is 37.0 Å². The Morgan fingerprint density at radius 1 is 1.28 bits per heavy atom. The number of rotatable bonds is 4. The van der Waals surface area contributed by atoms with Crippen molar-refractivity contribution < 1.29 is 4.79 Å². The Bertz CT molecular complexity index is 1060. The number of nitrogens with zero attached hydrogens (tertiary/aromatic N) is 4. The highest BCUT2D eigenvalue weighted by atomic mass is 32.2. The zero-order chi connectivity index (χ0) is 20.5. The summed E-state index contributed by atoms with van der Waals surface area (Å²) in [5, 5.41) is 0. The van der Waals surface area contributed by atoms with Gasteiger partial charge in [-0.05, 0) is 31.6 Å². The molecule has 0 spiro atoms. The van der Waals surface area contributed by atoms with Gasteiger partial charge in [0, 0.05) is 36.8 Å². The maximum Gasteiger partial charge on any atom is 0.267 e. The molecular weight excluding hydrogens is 424 g/mol. The van der Waals surface area contributed by atoms with Crippen molar-refractivity contribution >= 4 is 63.5 Å². The van der Waals surface area contributed by atoms with E-state index in [0.29, 0.717) is 26.3 Å². The molecule has 0 bridgehead atoms. The second-order valence-corrected chi connectivity index (χ2v) is 9.89. The molecule has 2 aliphatic heterocycles. The van der Waals surface area contributed by atoms with Gasteiger partial charge in [0.25, 0.3) is 11.5 Å². The van der Waals surface area contributed by atoms with Crippen LogP contribution in [0.1, 0.15) is 25.8 Å². The van der Waals surface area contributed by atoms with Crippen LogP contribution in [0.4, 0.5) is 5.82 Å². The zero-order valence-corrected chi connectivity index (χ0v) is 18.8. The van der Waals surface area contributed by atoms with Crippen molar-refractivity contribution in [2.45, 2.75) is 26.3 Å². The number of carbonyl (C=O) groups excluding carboxylic acids is 1. The summed E-state index contributed by atoms with van der Waals surface area (Å²) in [6, 6.07) is 5.53. The van der Waals surface area contributed by atoms with Crippen LogP contribution in [0, 0.1) is 0 Å². The molecular formula is C20H22N4O2S3. The summed E-state index contributed by atoms with van der Waals surface area (Å²) in [5.41, 5.74) is 0.887. The molecule has 4 heterocycles. The van der Waals surface area contributed by atoms with E-state index in [1.165, 1.54) is 16.2 Å². The minimum Gasteiger partial charge on any atom is -0.354 e. The second-order valence-electron chi connectivity index (χ2n) is 6.99. The predicted octanol–water partition coefficient (Wildman–Crippen LogP) is 3.25. The van der Waals surface area contributed by atoms with E-state index in [2.05, 4.69) is 4.90 Å². The zero-order valence-electron chi connectivity index (χ0n) is 16.3. The van der Waals surface area contributed by atoms with Crippen molar-refractivity contribution in [1.29, 1.82) is 0 Å². The second kappa shape index (κ2) is 8.49. The number of thiocarbonyl (C=S) groups is 1. The lowest BCUT2D eigenvalue weighted by atomic mass is 10.2. The lowest BCUT2D eigenvalue weighted by Gasteiger charge is -2.28. The Kier molecular flexibility index (Phi) is 5.98. The standard InChI is InChI=1S/C20H22N4O2S3/c1-3-13(2)24-19(26)15(29-20(24)27)12-14-17(22-8-10-28-11-9-22)21-16-6-4-5-7-23(16)18(14)25/h4-7,12-13H,3,8-11H2,1-2H3. The van der Waals surface area contributed by atoms with Crippen LogP contribution in [0.2, 0.25) is 0 Å². The summed E-state index contributed by atoms with van der Waals surface area (Å²) in [6.45, 7) is 5.67. The highest BCUT2D eigenvalue weighted by molar-refractivity contribution is 8.26. The van der Waals surface area contributed by atoms with Crippen LogP contribution in [0.5, 0.6) is 0 Å². The molecule has 152 valence electrons. The van der Waals surface area contributed by atoms with Gasteiger partial charge in [-0.2, -0.15) is 11.8 Å². The Hall–Kier alpha value is -1.84. The van der Waals surface area contributed by atoms with E-state index in [-0.39, 0.29) is 17.5 Å². The third-order valence-corrected chi connectivity index (χ3v) is 7.46. The number of hydrogen-bond acceptors (Lipinski definition) is 7. The average Bonchev–Trinajstić information content (AvgIpc) is 3.03. The maximum atomic E-state index is 13.3. The Morgan fingerprint density at radius 3 is 2.76 bits per heavy atom. The van der Waals surface area contributed by atoms with Crippen LogP contribution >= 0.6 is 35.7 Å². The van der Waals surface area contributed by atoms with E-state index < -0.39 is 0 Å². The van der Waals surface area contributed by atoms with E-state index in [1.54, 1.807) is 23.2 Å². The van der Waals surface area contributed by atoms with Crippen molar-refractivity contribution in [2.75, 3.05) is 29.5 Å². The number of amides is 1. The SMILES string of the molecule is CCC(C)N1C(=O)C(=Cc2c(N3CCSCC3)nc3ccccn3c2=O)SC1=S. The number of hydrogen-bond donors (Lipinski definition) is 0. The van der Waals surface area contributed by atoms with Gasteiger partial charge < -0.3 is 4.90 Å². The van der Waals surface area contributed by atoms with E-state index in [1.807, 2.05) is 37.7 Å². The molecule has 0 aliphatic carbocycles. The molecule has 2 aromatic heterocycles. The molecule has 4 rings (SSSR count). The third-order valence-electron chi connectivity index (χ3n) is 5.19. The first-order valence-electron chi connectivity index (χ1n) is 9.62. The minimum atomic E-state index is -0.169. The molecule has 2 saturated heterocycles. The summed E-state index contributed by atoms with van der Waals surface area (Å²) in [4.78, 5) is 35.4. The van der Waals surface area contributed by atoms with Crippen molar-refractivity contribution in [3.63, 3.8) is 0 Å². The van der Waals surface area contributed by atoms with Gasteiger partial charge in [-0.3, -0.25) is 18.9 Å². The van der Waals surface area contributed by atoms with E-state index in [0.717, 1.165) is 31.0 Å². The molecule has 29 heavy (non-hydrogen) atoms. The molecule has 1 atom stereocenters. The van der Waals surface area contributed by atoms with Crippen molar-refractivity contribution in [1.82, 2.24) is 14.3 Å². The molecule has 6 nitrogen and oxygen atoms in total. The van der Waals surface area contributed by atoms with Crippen LogP contribution < -0.4 is 10.5 Å². The number of aromatic nitrogens is 2. The van der Waals surface area contributed by atoms with Gasteiger partial charge in [0.1, 0.15) is 15.8 Å². The van der Waals surface area contributed by atoms with Crippen LogP contribution in [0.15, 0.2) is 34.1 Å². The average molecular weight is 447 g/mol. The van der Waals surface area contributed by atoms with Crippen molar-refractivity contribution in [3.8, 4) is 0 Å². The molecule has 0 aromatic carbocycles. The smallest absolute Gasteiger partial charge is 0.267 e. The molecule has 1 amide bonds. The lowest BCUT2D eigenvalue weighted by molar-refractivity contribution is -0.123. The predicted molar refractivity (Wildman–Crippen MR) is 126 cm³/mol. The van der Waals surface area contributed by atoms with Crippen LogP contribution in [0.25, 0.3) is 11.7 Å². The first kappa shape index (κ1) is 20.4. The van der Waals surface area contributed by atoms with Gasteiger partial charge in [0.15, 0.2) is 0 Å². The first-order valence-corrected chi connectivity index (χ1v) is 12.0. The van der Waals surface area contributed by atoms with Gasteiger partial charge in [0.05, 0.1) is 10.5 Å². The first-order chi connectivity index (χ1) is 14.0. The molecule has 2 aromatic rings. The summed E-state index contributed by atoms with van der Waals surface area (Å²) in [7, 11) is 0. The van der Waals surface area contributed by atoms with E-state index in [9.17, 15) is 9.59 Å². The summed E-state index contributed by atoms with van der Waals surface area (Å²) in [6.07, 6.45) is 4.21. The normalized spacial score (nSPS) is 20.1. The Morgan fingerprint density at radius 2 is 2.03 bits per heavy atom. The Balaban J connectivity index is 1.85. The quantitative estimate of drug-likeness (QED) is 0.528. The fraction of sp³-hybridized carbons (Fsp3) is 0.400. The summed E-state index contributed by atoms with van der Waals surface area (Å²) in [5.74, 6) is 2.50.